The van der Waals surface area contributed by atoms with E-state index in [-0.39, 0.29) is 0 Å². The molecule has 0 N–H and O–H groups in total. The summed E-state index contributed by atoms with van der Waals surface area (Å²) >= 11 is 0. The van der Waals surface area contributed by atoms with E-state index in [0.29, 0.717) is 12.2 Å². The van der Waals surface area contributed by atoms with E-state index in [1.807, 2.05) is 0 Å². The van der Waals surface area contributed by atoms with E-state index in [2.05, 4.69) is 24.8 Å². The summed E-state index contributed by atoms with van der Waals surface area (Å²) in [5, 5.41) is 0. The van der Waals surface area contributed by atoms with Gasteiger partial charge in [-0.3, -0.25) is 0 Å². The summed E-state index contributed by atoms with van der Waals surface area (Å²) in [5.74, 6) is -0.122. The van der Waals surface area contributed by atoms with E-state index in [1.165, 1.54) is 0 Å². The summed E-state index contributed by atoms with van der Waals surface area (Å²) in [7, 11) is 0. The SMILES string of the molecule is [CH2]CC(=C)OC(=O)C=C. The van der Waals surface area contributed by atoms with Gasteiger partial charge in [-0.15, -0.1) is 0 Å². The molecule has 0 aliphatic carbocycles. The fourth-order valence-electron chi connectivity index (χ4n) is 0.235. The summed E-state index contributed by atoms with van der Waals surface area (Å²) in [6.07, 6.45) is 1.49. The first-order valence-corrected chi connectivity index (χ1v) is 2.52. The molecular formula is C7H9O2. The highest BCUT2D eigenvalue weighted by atomic mass is 16.5. The van der Waals surface area contributed by atoms with Gasteiger partial charge in [-0.25, -0.2) is 4.79 Å². The average Bonchev–Trinajstić information content (AvgIpc) is 1.87. The Morgan fingerprint density at radius 1 is 1.67 bits per heavy atom. The third-order valence-electron chi connectivity index (χ3n) is 0.690. The first-order chi connectivity index (χ1) is 4.20. The van der Waals surface area contributed by atoms with E-state index >= 15 is 0 Å². The lowest BCUT2D eigenvalue weighted by atomic mass is 10.4. The zero-order valence-electron chi connectivity index (χ0n) is 5.22. The van der Waals surface area contributed by atoms with Gasteiger partial charge >= 0.3 is 5.97 Å². The van der Waals surface area contributed by atoms with Gasteiger partial charge in [-0.05, 0) is 6.92 Å². The topological polar surface area (TPSA) is 26.3 Å². The molecular weight excluding hydrogens is 116 g/mol. The Labute approximate surface area is 54.8 Å². The zero-order valence-corrected chi connectivity index (χ0v) is 5.22. The molecule has 0 amide bonds. The molecule has 49 valence electrons. The highest BCUT2D eigenvalue weighted by molar-refractivity contribution is 5.82. The summed E-state index contributed by atoms with van der Waals surface area (Å²) in [6, 6.07) is 0. The molecule has 0 saturated heterocycles. The van der Waals surface area contributed by atoms with Crippen LogP contribution in [-0.2, 0) is 9.53 Å². The van der Waals surface area contributed by atoms with Gasteiger partial charge in [0.25, 0.3) is 0 Å². The van der Waals surface area contributed by atoms with E-state index in [4.69, 9.17) is 0 Å². The largest absolute Gasteiger partial charge is 0.429 e. The van der Waals surface area contributed by atoms with Crippen molar-refractivity contribution in [2.75, 3.05) is 0 Å². The maximum atomic E-state index is 10.4. The fourth-order valence-corrected chi connectivity index (χ4v) is 0.235. The van der Waals surface area contributed by atoms with Gasteiger partial charge in [0.1, 0.15) is 5.76 Å². The lowest BCUT2D eigenvalue weighted by Crippen LogP contribution is -1.97. The van der Waals surface area contributed by atoms with Crippen molar-refractivity contribution < 1.29 is 9.53 Å². The summed E-state index contributed by atoms with van der Waals surface area (Å²) < 4.78 is 4.53. The van der Waals surface area contributed by atoms with Crippen LogP contribution in [0.1, 0.15) is 6.42 Å². The Kier molecular flexibility index (Phi) is 3.44. The second-order valence-corrected chi connectivity index (χ2v) is 1.41. The molecule has 2 nitrogen and oxygen atoms in total. The Bertz CT molecular complexity index is 136. The molecule has 0 spiro atoms. The van der Waals surface area contributed by atoms with Gasteiger partial charge in [-0.2, -0.15) is 0 Å². The van der Waals surface area contributed by atoms with Gasteiger partial charge in [-0.1, -0.05) is 13.2 Å². The molecule has 0 aromatic heterocycles. The van der Waals surface area contributed by atoms with Crippen LogP contribution in [0.25, 0.3) is 0 Å². The molecule has 0 aromatic carbocycles. The predicted octanol–water partition coefficient (Wildman–Crippen LogP) is 1.45. The van der Waals surface area contributed by atoms with Crippen LogP contribution in [-0.4, -0.2) is 5.97 Å². The van der Waals surface area contributed by atoms with Crippen LogP contribution in [0.15, 0.2) is 25.0 Å². The molecule has 0 saturated carbocycles. The Morgan fingerprint density at radius 3 is 2.56 bits per heavy atom. The second-order valence-electron chi connectivity index (χ2n) is 1.41. The number of allylic oxidation sites excluding steroid dienone is 1. The lowest BCUT2D eigenvalue weighted by Gasteiger charge is -1.98. The highest BCUT2D eigenvalue weighted by Crippen LogP contribution is 1.97. The third kappa shape index (κ3) is 3.53. The van der Waals surface area contributed by atoms with Crippen LogP contribution < -0.4 is 0 Å². The molecule has 9 heavy (non-hydrogen) atoms. The van der Waals surface area contributed by atoms with Crippen molar-refractivity contribution in [2.45, 2.75) is 6.42 Å². The molecule has 0 unspecified atom stereocenters. The Morgan fingerprint density at radius 2 is 2.22 bits per heavy atom. The zero-order chi connectivity index (χ0) is 7.28. The quantitative estimate of drug-likeness (QED) is 0.324. The van der Waals surface area contributed by atoms with E-state index in [1.54, 1.807) is 0 Å². The average molecular weight is 125 g/mol. The Hall–Kier alpha value is -1.05. The molecule has 0 aliphatic heterocycles. The van der Waals surface area contributed by atoms with Gasteiger partial charge < -0.3 is 4.74 Å². The summed E-state index contributed by atoms with van der Waals surface area (Å²) in [5.41, 5.74) is 0. The van der Waals surface area contributed by atoms with Crippen molar-refractivity contribution in [1.82, 2.24) is 0 Å². The third-order valence-corrected chi connectivity index (χ3v) is 0.690. The van der Waals surface area contributed by atoms with Gasteiger partial charge in [0.05, 0.1) is 0 Å². The molecule has 0 aromatic rings. The van der Waals surface area contributed by atoms with Crippen LogP contribution in [0.3, 0.4) is 0 Å². The summed E-state index contributed by atoms with van der Waals surface area (Å²) in [4.78, 5) is 10.4. The normalized spacial score (nSPS) is 8.11. The minimum atomic E-state index is -0.483. The number of hydrogen-bond acceptors (Lipinski definition) is 2. The number of rotatable bonds is 3. The van der Waals surface area contributed by atoms with Crippen molar-refractivity contribution in [1.29, 1.82) is 0 Å². The van der Waals surface area contributed by atoms with E-state index < -0.39 is 5.97 Å². The predicted molar refractivity (Wildman–Crippen MR) is 35.4 cm³/mol. The van der Waals surface area contributed by atoms with Crippen LogP contribution >= 0.6 is 0 Å². The van der Waals surface area contributed by atoms with Crippen molar-refractivity contribution in [2.24, 2.45) is 0 Å². The highest BCUT2D eigenvalue weighted by Gasteiger charge is 1.95. The first kappa shape index (κ1) is 7.95. The first-order valence-electron chi connectivity index (χ1n) is 2.52. The van der Waals surface area contributed by atoms with Crippen LogP contribution in [0.4, 0.5) is 0 Å². The smallest absolute Gasteiger partial charge is 0.335 e. The molecule has 1 radical (unpaired) electrons. The molecule has 0 atom stereocenters. The minimum absolute atomic E-state index is 0.361. The summed E-state index contributed by atoms with van der Waals surface area (Å²) in [6.45, 7) is 10.1. The number of carbonyl (C=O) groups is 1. The number of esters is 1. The second kappa shape index (κ2) is 3.89. The van der Waals surface area contributed by atoms with Crippen molar-refractivity contribution >= 4 is 5.97 Å². The van der Waals surface area contributed by atoms with Gasteiger partial charge in [0, 0.05) is 12.5 Å². The lowest BCUT2D eigenvalue weighted by molar-refractivity contribution is -0.133. The molecule has 2 heteroatoms. The molecule has 0 rings (SSSR count). The van der Waals surface area contributed by atoms with E-state index in [9.17, 15) is 4.79 Å². The number of carbonyl (C=O) groups excluding carboxylic acids is 1. The van der Waals surface area contributed by atoms with Crippen LogP contribution in [0, 0.1) is 6.92 Å². The molecule has 0 bridgehead atoms. The molecule has 0 aliphatic rings. The fraction of sp³-hybridized carbons (Fsp3) is 0.143. The maximum absolute atomic E-state index is 10.4. The molecule has 0 fully saturated rings. The van der Waals surface area contributed by atoms with Crippen LogP contribution in [0.2, 0.25) is 0 Å². The monoisotopic (exact) mass is 125 g/mol. The number of ether oxygens (including phenoxy) is 1. The van der Waals surface area contributed by atoms with Crippen molar-refractivity contribution in [3.8, 4) is 0 Å². The number of hydrogen-bond donors (Lipinski definition) is 0. The Balaban J connectivity index is 3.59. The van der Waals surface area contributed by atoms with Crippen molar-refractivity contribution in [3.63, 3.8) is 0 Å². The van der Waals surface area contributed by atoms with Gasteiger partial charge in [0.15, 0.2) is 0 Å². The minimum Gasteiger partial charge on any atom is -0.429 e. The molecule has 0 heterocycles. The maximum Gasteiger partial charge on any atom is 0.335 e. The van der Waals surface area contributed by atoms with Crippen LogP contribution in [0.5, 0.6) is 0 Å². The van der Waals surface area contributed by atoms with Crippen molar-refractivity contribution in [3.05, 3.63) is 31.9 Å². The van der Waals surface area contributed by atoms with Gasteiger partial charge in [0.2, 0.25) is 0 Å². The van der Waals surface area contributed by atoms with E-state index in [0.717, 1.165) is 6.08 Å². The standard InChI is InChI=1S/C7H9O2/c1-4-6(3)9-7(8)5-2/h5H,1-4H2.